The molecule has 3 aliphatic rings. The highest BCUT2D eigenvalue weighted by Crippen LogP contribution is 2.71. The van der Waals surface area contributed by atoms with Gasteiger partial charge in [-0.25, -0.2) is 0 Å². The van der Waals surface area contributed by atoms with E-state index in [0.717, 1.165) is 19.3 Å². The molecular formula is C15H26O3. The van der Waals surface area contributed by atoms with E-state index in [-0.39, 0.29) is 18.4 Å². The molecule has 0 spiro atoms. The van der Waals surface area contributed by atoms with E-state index >= 15 is 0 Å². The van der Waals surface area contributed by atoms with E-state index < -0.39 is 11.2 Å². The molecule has 0 radical (unpaired) electrons. The van der Waals surface area contributed by atoms with Gasteiger partial charge in [0.15, 0.2) is 0 Å². The van der Waals surface area contributed by atoms with Crippen molar-refractivity contribution in [3.05, 3.63) is 0 Å². The number of aliphatic hydroxyl groups excluding tert-OH is 1. The monoisotopic (exact) mass is 254 g/mol. The summed E-state index contributed by atoms with van der Waals surface area (Å²) < 4.78 is 0. The van der Waals surface area contributed by atoms with Crippen LogP contribution in [-0.4, -0.2) is 33.1 Å². The van der Waals surface area contributed by atoms with E-state index in [1.807, 2.05) is 6.92 Å². The molecule has 0 aromatic rings. The molecule has 3 heteroatoms. The van der Waals surface area contributed by atoms with Crippen LogP contribution in [0.4, 0.5) is 0 Å². The van der Waals surface area contributed by atoms with Gasteiger partial charge in [-0.3, -0.25) is 0 Å². The zero-order valence-corrected chi connectivity index (χ0v) is 11.7. The predicted octanol–water partition coefficient (Wildman–Crippen LogP) is 1.55. The van der Waals surface area contributed by atoms with Gasteiger partial charge >= 0.3 is 0 Å². The van der Waals surface area contributed by atoms with Gasteiger partial charge in [0.2, 0.25) is 0 Å². The average Bonchev–Trinajstić information content (AvgIpc) is 2.72. The van der Waals surface area contributed by atoms with Gasteiger partial charge < -0.3 is 15.3 Å². The predicted molar refractivity (Wildman–Crippen MR) is 68.9 cm³/mol. The van der Waals surface area contributed by atoms with Crippen LogP contribution in [0.25, 0.3) is 0 Å². The van der Waals surface area contributed by atoms with E-state index in [9.17, 15) is 15.3 Å². The van der Waals surface area contributed by atoms with Crippen LogP contribution in [0.2, 0.25) is 0 Å². The lowest BCUT2D eigenvalue weighted by molar-refractivity contribution is -0.101. The fourth-order valence-electron chi connectivity index (χ4n) is 5.31. The topological polar surface area (TPSA) is 60.7 Å². The van der Waals surface area contributed by atoms with E-state index in [2.05, 4.69) is 13.8 Å². The Morgan fingerprint density at radius 1 is 0.944 bits per heavy atom. The van der Waals surface area contributed by atoms with Crippen LogP contribution in [0.15, 0.2) is 0 Å². The van der Waals surface area contributed by atoms with E-state index in [1.54, 1.807) is 0 Å². The maximum absolute atomic E-state index is 10.7. The van der Waals surface area contributed by atoms with Crippen molar-refractivity contribution < 1.29 is 15.3 Å². The van der Waals surface area contributed by atoms with Gasteiger partial charge in [-0.1, -0.05) is 13.8 Å². The molecule has 3 N–H and O–H groups in total. The van der Waals surface area contributed by atoms with Crippen LogP contribution < -0.4 is 0 Å². The molecule has 104 valence electrons. The second kappa shape index (κ2) is 3.50. The van der Waals surface area contributed by atoms with Crippen molar-refractivity contribution in [3.8, 4) is 0 Å². The van der Waals surface area contributed by atoms with Gasteiger partial charge in [0.25, 0.3) is 0 Å². The fraction of sp³-hybridized carbons (Fsp3) is 1.00. The van der Waals surface area contributed by atoms with Crippen molar-refractivity contribution in [2.75, 3.05) is 6.61 Å². The molecule has 0 saturated heterocycles. The standard InChI is InChI=1S/C15H26O3/c1-13(2)9-5-7-15(18,8-16)10-4-6-14(3,17)12(10)11(9)13/h9-12,16-18H,4-8H2,1-3H3/t9-,10-,11-,12+,14+,15+/m0/s1. The number of hydrogen-bond acceptors (Lipinski definition) is 3. The van der Waals surface area contributed by atoms with Crippen LogP contribution in [0.1, 0.15) is 46.5 Å². The van der Waals surface area contributed by atoms with Gasteiger partial charge in [-0.2, -0.15) is 0 Å². The van der Waals surface area contributed by atoms with Crippen LogP contribution in [0, 0.1) is 29.1 Å². The third kappa shape index (κ3) is 1.47. The summed E-state index contributed by atoms with van der Waals surface area (Å²) in [4.78, 5) is 0. The molecule has 3 saturated carbocycles. The number of rotatable bonds is 1. The second-order valence-electron chi connectivity index (χ2n) is 7.78. The molecule has 0 heterocycles. The molecule has 0 amide bonds. The molecular weight excluding hydrogens is 228 g/mol. The Labute approximate surface area is 109 Å². The van der Waals surface area contributed by atoms with Crippen molar-refractivity contribution >= 4 is 0 Å². The first-order chi connectivity index (χ1) is 8.24. The highest BCUT2D eigenvalue weighted by molar-refractivity contribution is 5.18. The first-order valence-electron chi connectivity index (χ1n) is 7.30. The van der Waals surface area contributed by atoms with Crippen molar-refractivity contribution in [3.63, 3.8) is 0 Å². The first kappa shape index (κ1) is 12.9. The molecule has 0 bridgehead atoms. The Balaban J connectivity index is 1.99. The maximum atomic E-state index is 10.7. The molecule has 0 aromatic heterocycles. The quantitative estimate of drug-likeness (QED) is 0.665. The lowest BCUT2D eigenvalue weighted by Gasteiger charge is -2.39. The number of fused-ring (bicyclic) bond motifs is 3. The lowest BCUT2D eigenvalue weighted by atomic mass is 9.72. The summed E-state index contributed by atoms with van der Waals surface area (Å²) in [7, 11) is 0. The van der Waals surface area contributed by atoms with Crippen molar-refractivity contribution in [2.45, 2.75) is 57.7 Å². The van der Waals surface area contributed by atoms with Crippen molar-refractivity contribution in [1.82, 2.24) is 0 Å². The molecule has 0 aromatic carbocycles. The Hall–Kier alpha value is -0.120. The summed E-state index contributed by atoms with van der Waals surface area (Å²) in [5.74, 6) is 1.34. The van der Waals surface area contributed by atoms with Crippen LogP contribution in [-0.2, 0) is 0 Å². The summed E-state index contributed by atoms with van der Waals surface area (Å²) in [5, 5.41) is 31.0. The summed E-state index contributed by atoms with van der Waals surface area (Å²) in [6.07, 6.45) is 3.26. The molecule has 3 fully saturated rings. The number of aliphatic hydroxyl groups is 3. The van der Waals surface area contributed by atoms with Gasteiger partial charge in [0.05, 0.1) is 17.8 Å². The maximum Gasteiger partial charge on any atom is 0.0909 e. The number of hydrogen-bond donors (Lipinski definition) is 3. The van der Waals surface area contributed by atoms with E-state index in [1.165, 1.54) is 0 Å². The van der Waals surface area contributed by atoms with Gasteiger partial charge in [0.1, 0.15) is 0 Å². The first-order valence-corrected chi connectivity index (χ1v) is 7.30. The molecule has 0 unspecified atom stereocenters. The summed E-state index contributed by atoms with van der Waals surface area (Å²) in [6.45, 7) is 6.34. The highest BCUT2D eigenvalue weighted by atomic mass is 16.3. The molecule has 3 nitrogen and oxygen atoms in total. The molecule has 3 rings (SSSR count). The van der Waals surface area contributed by atoms with E-state index in [0.29, 0.717) is 23.7 Å². The normalized spacial score (nSPS) is 57.7. The SMILES string of the molecule is CC1(C)[C@@H]2[C@H]3[C@H](CC[C@@]3(C)O)[C@](O)(CO)CC[C@@H]21. The Morgan fingerprint density at radius 2 is 1.56 bits per heavy atom. The Morgan fingerprint density at radius 3 is 2.17 bits per heavy atom. The fourth-order valence-corrected chi connectivity index (χ4v) is 5.31. The second-order valence-corrected chi connectivity index (χ2v) is 7.78. The van der Waals surface area contributed by atoms with Crippen LogP contribution in [0.5, 0.6) is 0 Å². The highest BCUT2D eigenvalue weighted by Gasteiger charge is 2.70. The summed E-state index contributed by atoms with van der Waals surface area (Å²) in [6, 6.07) is 0. The van der Waals surface area contributed by atoms with Gasteiger partial charge in [-0.05, 0) is 61.7 Å². The minimum Gasteiger partial charge on any atom is -0.393 e. The van der Waals surface area contributed by atoms with E-state index in [4.69, 9.17) is 0 Å². The van der Waals surface area contributed by atoms with Gasteiger partial charge in [0, 0.05) is 0 Å². The van der Waals surface area contributed by atoms with Crippen LogP contribution >= 0.6 is 0 Å². The molecule has 6 atom stereocenters. The zero-order valence-electron chi connectivity index (χ0n) is 11.7. The minimum absolute atomic E-state index is 0.0641. The lowest BCUT2D eigenvalue weighted by Crippen LogP contribution is -2.47. The summed E-state index contributed by atoms with van der Waals surface area (Å²) in [5.41, 5.74) is -1.34. The van der Waals surface area contributed by atoms with Crippen LogP contribution in [0.3, 0.4) is 0 Å². The summed E-state index contributed by atoms with van der Waals surface area (Å²) >= 11 is 0. The molecule has 0 aliphatic heterocycles. The third-order valence-corrected chi connectivity index (χ3v) is 6.49. The van der Waals surface area contributed by atoms with Gasteiger partial charge in [-0.15, -0.1) is 0 Å². The Kier molecular flexibility index (Phi) is 2.51. The average molecular weight is 254 g/mol. The molecule has 3 aliphatic carbocycles. The Bertz CT molecular complexity index is 363. The zero-order chi connectivity index (χ0) is 13.3. The molecule has 18 heavy (non-hydrogen) atoms. The van der Waals surface area contributed by atoms with Crippen molar-refractivity contribution in [1.29, 1.82) is 0 Å². The van der Waals surface area contributed by atoms with Crippen molar-refractivity contribution in [2.24, 2.45) is 29.1 Å². The smallest absolute Gasteiger partial charge is 0.0909 e. The minimum atomic E-state index is -0.964. The third-order valence-electron chi connectivity index (χ3n) is 6.49. The largest absolute Gasteiger partial charge is 0.393 e.